The zero-order valence-electron chi connectivity index (χ0n) is 17.2. The largest absolute Gasteiger partial charge is 0.460 e. The van der Waals surface area contributed by atoms with Crippen molar-refractivity contribution >= 4 is 6.09 Å². The Hall–Kier alpha value is -1.78. The lowest BCUT2D eigenvalue weighted by Gasteiger charge is -2.41. The van der Waals surface area contributed by atoms with Crippen LogP contribution in [0.1, 0.15) is 32.1 Å². The van der Waals surface area contributed by atoms with Crippen molar-refractivity contribution in [3.63, 3.8) is 0 Å². The number of unbranched alkanes of at least 4 members (excludes halogenated alkanes) is 3. The van der Waals surface area contributed by atoms with Gasteiger partial charge >= 0.3 is 47.8 Å². The lowest BCUT2D eigenvalue weighted by atomic mass is 9.89. The molecule has 0 saturated carbocycles. The van der Waals surface area contributed by atoms with Gasteiger partial charge in [-0.25, -0.2) is 4.79 Å². The Morgan fingerprint density at radius 2 is 0.971 bits per heavy atom. The molecule has 0 atom stereocenters. The Kier molecular flexibility index (Phi) is 9.54. The van der Waals surface area contributed by atoms with Gasteiger partial charge < -0.3 is 9.64 Å². The van der Waals surface area contributed by atoms with Crippen LogP contribution in [0.25, 0.3) is 0 Å². The van der Waals surface area contributed by atoms with Crippen LogP contribution < -0.4 is 0 Å². The van der Waals surface area contributed by atoms with Crippen molar-refractivity contribution in [1.29, 1.82) is 0 Å². The summed E-state index contributed by atoms with van der Waals surface area (Å²) in [5.41, 5.74) is 0. The first-order valence-electron chi connectivity index (χ1n) is 9.00. The van der Waals surface area contributed by atoms with E-state index in [0.717, 1.165) is 4.90 Å². The van der Waals surface area contributed by atoms with E-state index in [2.05, 4.69) is 4.74 Å². The van der Waals surface area contributed by atoms with E-state index in [4.69, 9.17) is 0 Å². The quantitative estimate of drug-likeness (QED) is 0.197. The van der Waals surface area contributed by atoms with Crippen LogP contribution in [0.3, 0.4) is 0 Å². The molecule has 0 bridgehead atoms. The zero-order chi connectivity index (χ0) is 27.6. The maximum absolute atomic E-state index is 13.6. The third kappa shape index (κ3) is 5.71. The summed E-state index contributed by atoms with van der Waals surface area (Å²) in [6.45, 7) is -0.281. The van der Waals surface area contributed by atoms with E-state index in [1.54, 1.807) is 0 Å². The highest BCUT2D eigenvalue weighted by molar-refractivity contribution is 5.66. The van der Waals surface area contributed by atoms with Crippen LogP contribution in [-0.2, 0) is 4.74 Å². The third-order valence-corrected chi connectivity index (χ3v) is 4.37. The second-order valence-corrected chi connectivity index (χ2v) is 7.25. The maximum atomic E-state index is 13.6. The van der Waals surface area contributed by atoms with Crippen LogP contribution in [0.5, 0.6) is 0 Å². The average Bonchev–Trinajstić information content (AvgIpc) is 2.65. The minimum absolute atomic E-state index is 0.0471. The summed E-state index contributed by atoms with van der Waals surface area (Å²) in [6.07, 6.45) is -12.5. The standard InChI is InChI=1S/C16H18F15NO2/c1-32(2)9(33)34-8-6-4-3-5-7-10(17,18)11(19,20)12(21,22)13(23,24)14(25,26)15(27,28)16(29,30)31/h3-8H2,1-2H3. The van der Waals surface area contributed by atoms with E-state index >= 15 is 0 Å². The second-order valence-electron chi connectivity index (χ2n) is 7.25. The summed E-state index contributed by atoms with van der Waals surface area (Å²) < 4.78 is 200. The van der Waals surface area contributed by atoms with Gasteiger partial charge in [0.1, 0.15) is 0 Å². The van der Waals surface area contributed by atoms with E-state index in [1.165, 1.54) is 14.1 Å². The minimum Gasteiger partial charge on any atom is -0.449 e. The molecule has 0 N–H and O–H groups in total. The van der Waals surface area contributed by atoms with E-state index in [1.807, 2.05) is 0 Å². The van der Waals surface area contributed by atoms with Gasteiger partial charge in [0.25, 0.3) is 0 Å². The fourth-order valence-corrected chi connectivity index (χ4v) is 2.25. The summed E-state index contributed by atoms with van der Waals surface area (Å²) in [4.78, 5) is 12.1. The fraction of sp³-hybridized carbons (Fsp3) is 0.938. The molecule has 3 nitrogen and oxygen atoms in total. The Labute approximate surface area is 182 Å². The molecular formula is C16H18F15NO2. The SMILES string of the molecule is CN(C)C(=O)OCCCCCCC(F)(F)C(F)(F)C(F)(F)C(F)(F)C(F)(F)C(F)(F)C(F)(F)F. The first-order valence-corrected chi connectivity index (χ1v) is 9.00. The Morgan fingerprint density at radius 3 is 1.38 bits per heavy atom. The summed E-state index contributed by atoms with van der Waals surface area (Å²) in [7, 11) is 2.62. The van der Waals surface area contributed by atoms with Crippen molar-refractivity contribution in [2.45, 2.75) is 73.8 Å². The third-order valence-electron chi connectivity index (χ3n) is 4.37. The number of amides is 1. The molecular weight excluding hydrogens is 523 g/mol. The van der Waals surface area contributed by atoms with E-state index < -0.39 is 67.1 Å². The number of halogens is 15. The molecule has 1 amide bonds. The average molecular weight is 541 g/mol. The smallest absolute Gasteiger partial charge is 0.449 e. The van der Waals surface area contributed by atoms with Crippen molar-refractivity contribution in [2.24, 2.45) is 0 Å². The number of carbonyl (C=O) groups is 1. The molecule has 0 saturated heterocycles. The molecule has 0 aromatic heterocycles. The van der Waals surface area contributed by atoms with Crippen LogP contribution >= 0.6 is 0 Å². The number of hydrogen-bond donors (Lipinski definition) is 0. The van der Waals surface area contributed by atoms with Gasteiger partial charge in [-0.2, -0.15) is 65.9 Å². The van der Waals surface area contributed by atoms with Crippen LogP contribution in [0.15, 0.2) is 0 Å². The maximum Gasteiger partial charge on any atom is 0.460 e. The Morgan fingerprint density at radius 1 is 0.588 bits per heavy atom. The summed E-state index contributed by atoms with van der Waals surface area (Å²) in [5, 5.41) is 0. The van der Waals surface area contributed by atoms with Crippen molar-refractivity contribution in [3.05, 3.63) is 0 Å². The van der Waals surface area contributed by atoms with Crippen LogP contribution in [0.2, 0.25) is 0 Å². The molecule has 0 aliphatic heterocycles. The highest BCUT2D eigenvalue weighted by Crippen LogP contribution is 2.62. The molecule has 0 aliphatic carbocycles. The summed E-state index contributed by atoms with van der Waals surface area (Å²) in [6, 6.07) is 0. The molecule has 0 radical (unpaired) electrons. The molecule has 0 aliphatic rings. The Balaban J connectivity index is 5.44. The van der Waals surface area contributed by atoms with Gasteiger partial charge in [0.2, 0.25) is 0 Å². The summed E-state index contributed by atoms with van der Waals surface area (Å²) in [5.74, 6) is -46.2. The molecule has 0 aromatic rings. The molecule has 204 valence electrons. The zero-order valence-corrected chi connectivity index (χ0v) is 17.2. The number of alkyl halides is 15. The van der Waals surface area contributed by atoms with Crippen LogP contribution in [0.4, 0.5) is 70.7 Å². The molecule has 0 heterocycles. The van der Waals surface area contributed by atoms with Gasteiger partial charge in [0.05, 0.1) is 6.61 Å². The predicted molar refractivity (Wildman–Crippen MR) is 83.9 cm³/mol. The lowest BCUT2D eigenvalue weighted by molar-refractivity contribution is -0.452. The van der Waals surface area contributed by atoms with Crippen molar-refractivity contribution < 1.29 is 75.4 Å². The fourth-order valence-electron chi connectivity index (χ4n) is 2.25. The number of carbonyl (C=O) groups excluding carboxylic acids is 1. The molecule has 34 heavy (non-hydrogen) atoms. The lowest BCUT2D eigenvalue weighted by Crippen LogP contribution is -2.72. The molecule has 0 spiro atoms. The van der Waals surface area contributed by atoms with E-state index in [9.17, 15) is 70.7 Å². The van der Waals surface area contributed by atoms with E-state index in [0.29, 0.717) is 0 Å². The van der Waals surface area contributed by atoms with Crippen molar-refractivity contribution in [3.8, 4) is 0 Å². The molecule has 18 heteroatoms. The first-order chi connectivity index (χ1) is 14.8. The normalized spacial score (nSPS) is 14.9. The monoisotopic (exact) mass is 541 g/mol. The number of ether oxygens (including phenoxy) is 1. The molecule has 0 unspecified atom stereocenters. The van der Waals surface area contributed by atoms with Crippen molar-refractivity contribution in [2.75, 3.05) is 20.7 Å². The first kappa shape index (κ1) is 32.2. The number of rotatable bonds is 12. The molecule has 0 aromatic carbocycles. The van der Waals surface area contributed by atoms with Crippen LogP contribution in [0, 0.1) is 0 Å². The van der Waals surface area contributed by atoms with Gasteiger partial charge in [-0.1, -0.05) is 12.8 Å². The van der Waals surface area contributed by atoms with Gasteiger partial charge in [-0.15, -0.1) is 0 Å². The highest BCUT2D eigenvalue weighted by atomic mass is 19.4. The van der Waals surface area contributed by atoms with Gasteiger partial charge in [-0.3, -0.25) is 0 Å². The predicted octanol–water partition coefficient (Wildman–Crippen LogP) is 7.01. The number of hydrogen-bond acceptors (Lipinski definition) is 2. The molecule has 0 rings (SSSR count). The Bertz CT molecular complexity index is 688. The topological polar surface area (TPSA) is 29.5 Å². The van der Waals surface area contributed by atoms with Crippen molar-refractivity contribution in [1.82, 2.24) is 4.90 Å². The van der Waals surface area contributed by atoms with E-state index in [-0.39, 0.29) is 19.4 Å². The second kappa shape index (κ2) is 10.1. The van der Waals surface area contributed by atoms with Crippen LogP contribution in [-0.4, -0.2) is 73.4 Å². The molecule has 0 fully saturated rings. The van der Waals surface area contributed by atoms with Gasteiger partial charge in [0, 0.05) is 20.5 Å². The van der Waals surface area contributed by atoms with Gasteiger partial charge in [0.15, 0.2) is 0 Å². The number of nitrogens with zero attached hydrogens (tertiary/aromatic N) is 1. The highest BCUT2D eigenvalue weighted by Gasteiger charge is 2.93. The summed E-state index contributed by atoms with van der Waals surface area (Å²) >= 11 is 0. The minimum atomic E-state index is -8.26. The van der Waals surface area contributed by atoms with Gasteiger partial charge in [-0.05, 0) is 12.8 Å².